The summed E-state index contributed by atoms with van der Waals surface area (Å²) < 4.78 is 0.732. The number of hydrogen-bond acceptors (Lipinski definition) is 5. The fourth-order valence-corrected chi connectivity index (χ4v) is 2.56. The first-order chi connectivity index (χ1) is 11.4. The van der Waals surface area contributed by atoms with Crippen LogP contribution in [0.4, 0.5) is 10.6 Å². The highest BCUT2D eigenvalue weighted by Gasteiger charge is 2.32. The Hall–Kier alpha value is -2.52. The largest absolute Gasteiger partial charge is 0.505 e. The van der Waals surface area contributed by atoms with Crippen molar-refractivity contribution < 1.29 is 15.0 Å². The lowest BCUT2D eigenvalue weighted by Crippen LogP contribution is -2.50. The molecule has 0 saturated carbocycles. The molecule has 11 heteroatoms. The molecule has 2 aromatic rings. The van der Waals surface area contributed by atoms with Gasteiger partial charge in [-0.15, -0.1) is 5.10 Å². The molecule has 0 aliphatic rings. The molecule has 9 nitrogen and oxygen atoms in total. The minimum Gasteiger partial charge on any atom is -0.505 e. The quantitative estimate of drug-likeness (QED) is 0.723. The van der Waals surface area contributed by atoms with Gasteiger partial charge in [-0.05, 0) is 32.9 Å². The van der Waals surface area contributed by atoms with Gasteiger partial charge in [0.05, 0.1) is 15.7 Å². The summed E-state index contributed by atoms with van der Waals surface area (Å²) in [5.74, 6) is -0.883. The first-order valence-corrected chi connectivity index (χ1v) is 7.64. The Labute approximate surface area is 151 Å². The molecule has 0 fully saturated rings. The Balaban J connectivity index is 2.77. The number of amides is 1. The summed E-state index contributed by atoms with van der Waals surface area (Å²) in [7, 11) is 0. The van der Waals surface area contributed by atoms with Crippen molar-refractivity contribution in [3.8, 4) is 11.4 Å². The van der Waals surface area contributed by atoms with E-state index in [1.165, 1.54) is 12.1 Å². The van der Waals surface area contributed by atoms with Crippen LogP contribution in [0.3, 0.4) is 0 Å². The first kappa shape index (κ1) is 18.8. The molecule has 134 valence electrons. The number of nitrogens with one attached hydrogen (secondary N) is 1. The Morgan fingerprint density at radius 2 is 1.76 bits per heavy atom. The number of rotatable bonds is 2. The lowest BCUT2D eigenvalue weighted by molar-refractivity contribution is 0.195. The van der Waals surface area contributed by atoms with Crippen LogP contribution < -0.4 is 16.1 Å². The maximum Gasteiger partial charge on any atom is 0.413 e. The van der Waals surface area contributed by atoms with E-state index >= 15 is 0 Å². The third kappa shape index (κ3) is 3.62. The van der Waals surface area contributed by atoms with Gasteiger partial charge in [0.1, 0.15) is 0 Å². The van der Waals surface area contributed by atoms with Gasteiger partial charge in [0.15, 0.2) is 5.75 Å². The molecule has 1 heterocycles. The van der Waals surface area contributed by atoms with Crippen molar-refractivity contribution in [2.24, 2.45) is 0 Å². The topological polar surface area (TPSA) is 129 Å². The van der Waals surface area contributed by atoms with Crippen LogP contribution in [0, 0.1) is 0 Å². The minimum absolute atomic E-state index is 0.0366. The molecule has 1 aromatic heterocycles. The number of aromatic hydroxyl groups is 1. The molecule has 1 amide bonds. The van der Waals surface area contributed by atoms with E-state index in [9.17, 15) is 24.6 Å². The lowest BCUT2D eigenvalue weighted by Gasteiger charge is -2.31. The second kappa shape index (κ2) is 6.41. The van der Waals surface area contributed by atoms with E-state index < -0.39 is 28.7 Å². The number of nitrogens with zero attached hydrogens (tertiary/aromatic N) is 3. The summed E-state index contributed by atoms with van der Waals surface area (Å²) in [4.78, 5) is 38.4. The van der Waals surface area contributed by atoms with Crippen LogP contribution in [0.15, 0.2) is 21.7 Å². The molecule has 0 unspecified atom stereocenters. The average Bonchev–Trinajstić information content (AvgIpc) is 2.45. The van der Waals surface area contributed by atoms with Gasteiger partial charge in [0, 0.05) is 5.54 Å². The van der Waals surface area contributed by atoms with Crippen LogP contribution in [0.1, 0.15) is 20.8 Å². The Morgan fingerprint density at radius 3 is 2.20 bits per heavy atom. The fourth-order valence-electron chi connectivity index (χ4n) is 2.08. The van der Waals surface area contributed by atoms with Crippen LogP contribution in [-0.2, 0) is 0 Å². The summed E-state index contributed by atoms with van der Waals surface area (Å²) >= 11 is 11.6. The number of benzene rings is 1. The van der Waals surface area contributed by atoms with Crippen molar-refractivity contribution in [2.75, 3.05) is 4.90 Å². The van der Waals surface area contributed by atoms with Gasteiger partial charge < -0.3 is 10.2 Å². The number of hydrogen-bond donors (Lipinski definition) is 3. The molecule has 0 spiro atoms. The summed E-state index contributed by atoms with van der Waals surface area (Å²) in [6.07, 6.45) is -1.42. The Morgan fingerprint density at radius 1 is 1.24 bits per heavy atom. The second-order valence-electron chi connectivity index (χ2n) is 6.04. The van der Waals surface area contributed by atoms with Gasteiger partial charge in [0.2, 0.25) is 5.82 Å². The molecule has 0 radical (unpaired) electrons. The van der Waals surface area contributed by atoms with E-state index in [1.807, 2.05) is 4.98 Å². The number of anilines is 1. The third-order valence-electron chi connectivity index (χ3n) is 3.13. The van der Waals surface area contributed by atoms with Gasteiger partial charge in [-0.3, -0.25) is 14.7 Å². The number of phenolic OH excluding ortho intramolecular Hbond substituents is 1. The zero-order valence-corrected chi connectivity index (χ0v) is 14.9. The minimum atomic E-state index is -1.42. The van der Waals surface area contributed by atoms with E-state index in [1.54, 1.807) is 20.8 Å². The van der Waals surface area contributed by atoms with Gasteiger partial charge in [-0.2, -0.15) is 4.68 Å². The normalized spacial score (nSPS) is 11.4. The summed E-state index contributed by atoms with van der Waals surface area (Å²) in [6.45, 7) is 4.68. The van der Waals surface area contributed by atoms with Crippen LogP contribution in [0.2, 0.25) is 10.0 Å². The van der Waals surface area contributed by atoms with Crippen molar-refractivity contribution >= 4 is 35.1 Å². The van der Waals surface area contributed by atoms with E-state index in [-0.39, 0.29) is 21.5 Å². The van der Waals surface area contributed by atoms with Crippen LogP contribution in [0.25, 0.3) is 5.69 Å². The molecule has 0 aliphatic carbocycles. The van der Waals surface area contributed by atoms with Crippen molar-refractivity contribution in [1.82, 2.24) is 14.8 Å². The number of aromatic nitrogens is 3. The molecule has 0 saturated heterocycles. The fraction of sp³-hybridized carbons (Fsp3) is 0.286. The van der Waals surface area contributed by atoms with Crippen molar-refractivity contribution in [2.45, 2.75) is 26.3 Å². The standard InChI is InChI=1S/C14H14Cl2N4O5/c1-14(2,3)19(13(24)25)10-11(22)17-12(23)20(18-10)6-4-7(15)9(21)8(16)5-6/h4-5,21H,1-3H3,(H,24,25)(H,17,22,23). The molecule has 0 aliphatic heterocycles. The van der Waals surface area contributed by atoms with Crippen molar-refractivity contribution in [3.63, 3.8) is 0 Å². The molecule has 0 bridgehead atoms. The molecule has 2 rings (SSSR count). The number of H-pyrrole nitrogens is 1. The highest BCUT2D eigenvalue weighted by molar-refractivity contribution is 6.37. The van der Waals surface area contributed by atoms with Gasteiger partial charge in [0.25, 0.3) is 5.56 Å². The zero-order chi connectivity index (χ0) is 19.1. The average molecular weight is 389 g/mol. The predicted molar refractivity (Wildman–Crippen MR) is 92.4 cm³/mol. The number of phenols is 1. The van der Waals surface area contributed by atoms with Crippen molar-refractivity contribution in [3.05, 3.63) is 43.0 Å². The van der Waals surface area contributed by atoms with E-state index in [4.69, 9.17) is 23.2 Å². The molecule has 3 N–H and O–H groups in total. The van der Waals surface area contributed by atoms with E-state index in [0.717, 1.165) is 9.58 Å². The first-order valence-electron chi connectivity index (χ1n) is 6.88. The number of halogens is 2. The summed E-state index contributed by atoms with van der Waals surface area (Å²) in [6, 6.07) is 2.39. The van der Waals surface area contributed by atoms with Crippen molar-refractivity contribution in [1.29, 1.82) is 0 Å². The predicted octanol–water partition coefficient (Wildman–Crippen LogP) is 2.22. The maximum absolute atomic E-state index is 12.1. The van der Waals surface area contributed by atoms with Gasteiger partial charge in [-0.25, -0.2) is 9.59 Å². The number of carboxylic acid groups (broad SMARTS) is 1. The lowest BCUT2D eigenvalue weighted by atomic mass is 10.1. The Kier molecular flexibility index (Phi) is 4.83. The third-order valence-corrected chi connectivity index (χ3v) is 3.71. The SMILES string of the molecule is CC(C)(C)N(C(=O)O)c1nn(-c2cc(Cl)c(O)c(Cl)c2)c(=O)[nH]c1=O. The number of carbonyl (C=O) groups is 1. The molecular weight excluding hydrogens is 375 g/mol. The smallest absolute Gasteiger partial charge is 0.413 e. The highest BCUT2D eigenvalue weighted by Crippen LogP contribution is 2.33. The second-order valence-corrected chi connectivity index (χ2v) is 6.86. The van der Waals surface area contributed by atoms with Gasteiger partial charge >= 0.3 is 11.8 Å². The monoisotopic (exact) mass is 388 g/mol. The maximum atomic E-state index is 12.1. The molecule has 1 aromatic carbocycles. The van der Waals surface area contributed by atoms with Crippen LogP contribution >= 0.6 is 23.2 Å². The summed E-state index contributed by atoms with van der Waals surface area (Å²) in [5, 5.41) is 22.6. The number of aromatic amines is 1. The van der Waals surface area contributed by atoms with E-state index in [2.05, 4.69) is 5.10 Å². The van der Waals surface area contributed by atoms with E-state index in [0.29, 0.717) is 0 Å². The highest BCUT2D eigenvalue weighted by atomic mass is 35.5. The van der Waals surface area contributed by atoms with Crippen LogP contribution in [-0.4, -0.2) is 36.6 Å². The molecular formula is C14H14Cl2N4O5. The molecule has 0 atom stereocenters. The molecule has 25 heavy (non-hydrogen) atoms. The van der Waals surface area contributed by atoms with Crippen LogP contribution in [0.5, 0.6) is 5.75 Å². The summed E-state index contributed by atoms with van der Waals surface area (Å²) in [5.41, 5.74) is -2.85. The van der Waals surface area contributed by atoms with Gasteiger partial charge in [-0.1, -0.05) is 23.2 Å². The zero-order valence-electron chi connectivity index (χ0n) is 13.4. The Bertz CT molecular complexity index is 938.